The zero-order chi connectivity index (χ0) is 22.4. The summed E-state index contributed by atoms with van der Waals surface area (Å²) in [6.45, 7) is 5.42. The molecule has 1 heterocycles. The van der Waals surface area contributed by atoms with Crippen molar-refractivity contribution in [2.45, 2.75) is 46.1 Å². The molecule has 0 radical (unpaired) electrons. The average Bonchev–Trinajstić information content (AvgIpc) is 3.39. The van der Waals surface area contributed by atoms with E-state index in [1.807, 2.05) is 34.0 Å². The number of hydrogen-bond acceptors (Lipinski definition) is 3. The van der Waals surface area contributed by atoms with E-state index >= 15 is 0 Å². The molecule has 1 aromatic heterocycles. The minimum atomic E-state index is -0.379. The van der Waals surface area contributed by atoms with Gasteiger partial charge in [-0.3, -0.25) is 4.79 Å². The first kappa shape index (κ1) is 26.1. The number of benzene rings is 1. The van der Waals surface area contributed by atoms with Crippen LogP contribution in [0.5, 0.6) is 0 Å². The highest BCUT2D eigenvalue weighted by atomic mass is 127. The van der Waals surface area contributed by atoms with Crippen molar-refractivity contribution in [1.82, 2.24) is 25.1 Å². The van der Waals surface area contributed by atoms with Gasteiger partial charge in [0.05, 0.1) is 17.6 Å². The third kappa shape index (κ3) is 5.99. The van der Waals surface area contributed by atoms with Crippen molar-refractivity contribution in [2.24, 2.45) is 10.4 Å². The summed E-state index contributed by atoms with van der Waals surface area (Å²) < 4.78 is 16.4. The Kier molecular flexibility index (Phi) is 9.47. The summed E-state index contributed by atoms with van der Waals surface area (Å²) in [6, 6.07) is 5.13. The maximum Gasteiger partial charge on any atom is 0.230 e. The Morgan fingerprint density at radius 2 is 2.00 bits per heavy atom. The van der Waals surface area contributed by atoms with Crippen LogP contribution in [0, 0.1) is 18.2 Å². The SMILES string of the molecule is CCNC(=NCc1ccc(-n2ccnc2C)c(F)c1)NCC1(C(=O)N(C)C)CCCC1.I. The molecule has 9 heteroatoms. The Morgan fingerprint density at radius 1 is 1.28 bits per heavy atom. The number of carbonyl (C=O) groups excluding carboxylic acids is 1. The van der Waals surface area contributed by atoms with Crippen LogP contribution in [-0.2, 0) is 11.3 Å². The van der Waals surface area contributed by atoms with Crippen LogP contribution in [0.1, 0.15) is 44.0 Å². The molecule has 7 nitrogen and oxygen atoms in total. The van der Waals surface area contributed by atoms with E-state index in [1.165, 1.54) is 6.07 Å². The predicted octanol–water partition coefficient (Wildman–Crippen LogP) is 3.64. The summed E-state index contributed by atoms with van der Waals surface area (Å²) in [5, 5.41) is 6.58. The molecule has 3 rings (SSSR count). The summed E-state index contributed by atoms with van der Waals surface area (Å²) in [4.78, 5) is 23.2. The lowest BCUT2D eigenvalue weighted by Gasteiger charge is -2.31. The summed E-state index contributed by atoms with van der Waals surface area (Å²) in [7, 11) is 3.62. The van der Waals surface area contributed by atoms with Gasteiger partial charge in [-0.25, -0.2) is 14.4 Å². The van der Waals surface area contributed by atoms with Gasteiger partial charge in [0, 0.05) is 39.6 Å². The fourth-order valence-electron chi connectivity index (χ4n) is 4.23. The Balaban J connectivity index is 0.00000363. The van der Waals surface area contributed by atoms with Gasteiger partial charge in [-0.15, -0.1) is 24.0 Å². The number of aryl methyl sites for hydroxylation is 1. The average molecular weight is 556 g/mol. The molecule has 1 saturated carbocycles. The monoisotopic (exact) mass is 556 g/mol. The summed E-state index contributed by atoms with van der Waals surface area (Å²) in [6.07, 6.45) is 7.30. The van der Waals surface area contributed by atoms with E-state index in [9.17, 15) is 9.18 Å². The Labute approximate surface area is 206 Å². The molecule has 0 unspecified atom stereocenters. The van der Waals surface area contributed by atoms with Crippen molar-refractivity contribution < 1.29 is 9.18 Å². The molecule has 1 fully saturated rings. The van der Waals surface area contributed by atoms with Crippen LogP contribution >= 0.6 is 24.0 Å². The van der Waals surface area contributed by atoms with Gasteiger partial charge in [0.2, 0.25) is 5.91 Å². The Hall–Kier alpha value is -2.17. The van der Waals surface area contributed by atoms with Crippen LogP contribution in [0.4, 0.5) is 4.39 Å². The summed E-state index contributed by atoms with van der Waals surface area (Å²) >= 11 is 0. The number of nitrogens with zero attached hydrogens (tertiary/aromatic N) is 4. The first-order chi connectivity index (χ1) is 14.9. The highest BCUT2D eigenvalue weighted by Gasteiger charge is 2.42. The second-order valence-electron chi connectivity index (χ2n) is 8.37. The van der Waals surface area contributed by atoms with Gasteiger partial charge < -0.3 is 20.1 Å². The third-order valence-corrected chi connectivity index (χ3v) is 5.88. The second kappa shape index (κ2) is 11.6. The first-order valence-electron chi connectivity index (χ1n) is 10.9. The molecule has 0 atom stereocenters. The maximum absolute atomic E-state index is 14.7. The molecule has 1 aliphatic rings. The third-order valence-electron chi connectivity index (χ3n) is 5.88. The fourth-order valence-corrected chi connectivity index (χ4v) is 4.23. The van der Waals surface area contributed by atoms with E-state index in [0.29, 0.717) is 31.3 Å². The number of carbonyl (C=O) groups is 1. The molecule has 2 aromatic rings. The molecule has 32 heavy (non-hydrogen) atoms. The van der Waals surface area contributed by atoms with E-state index < -0.39 is 0 Å². The van der Waals surface area contributed by atoms with Crippen molar-refractivity contribution in [2.75, 3.05) is 27.2 Å². The standard InChI is InChI=1S/C23H33FN6O.HI/c1-5-25-22(28-16-23(10-6-7-11-23)21(31)29(3)4)27-15-18-8-9-20(19(24)14-18)30-13-12-26-17(30)2;/h8-9,12-14H,5-7,10-11,15-16H2,1-4H3,(H2,25,27,28);1H. The molecule has 1 aliphatic carbocycles. The minimum absolute atomic E-state index is 0. The van der Waals surface area contributed by atoms with E-state index in [2.05, 4.69) is 20.6 Å². The van der Waals surface area contributed by atoms with Crippen LogP contribution in [0.3, 0.4) is 0 Å². The van der Waals surface area contributed by atoms with Crippen LogP contribution in [0.2, 0.25) is 0 Å². The van der Waals surface area contributed by atoms with E-state index in [-0.39, 0.29) is 41.1 Å². The fraction of sp³-hybridized carbons (Fsp3) is 0.522. The summed E-state index contributed by atoms with van der Waals surface area (Å²) in [5.41, 5.74) is 0.866. The molecule has 1 aromatic carbocycles. The van der Waals surface area contributed by atoms with Crippen molar-refractivity contribution in [3.8, 4) is 5.69 Å². The predicted molar refractivity (Wildman–Crippen MR) is 136 cm³/mol. The lowest BCUT2D eigenvalue weighted by molar-refractivity contribution is -0.138. The van der Waals surface area contributed by atoms with E-state index in [0.717, 1.165) is 37.1 Å². The smallest absolute Gasteiger partial charge is 0.230 e. The molecule has 2 N–H and O–H groups in total. The molecular formula is C23H34FIN6O. The first-order valence-corrected chi connectivity index (χ1v) is 10.9. The van der Waals surface area contributed by atoms with E-state index in [4.69, 9.17) is 0 Å². The number of hydrogen-bond donors (Lipinski definition) is 2. The van der Waals surface area contributed by atoms with Gasteiger partial charge in [0.15, 0.2) is 5.96 Å². The summed E-state index contributed by atoms with van der Waals surface area (Å²) in [5.74, 6) is 1.22. The van der Waals surface area contributed by atoms with Crippen molar-refractivity contribution in [3.63, 3.8) is 0 Å². The highest BCUT2D eigenvalue weighted by Crippen LogP contribution is 2.38. The van der Waals surface area contributed by atoms with Crippen molar-refractivity contribution in [1.29, 1.82) is 0 Å². The molecule has 1 amide bonds. The second-order valence-corrected chi connectivity index (χ2v) is 8.37. The molecule has 0 aliphatic heterocycles. The Bertz CT molecular complexity index is 936. The minimum Gasteiger partial charge on any atom is -0.357 e. The molecular weight excluding hydrogens is 522 g/mol. The van der Waals surface area contributed by atoms with Gasteiger partial charge in [-0.1, -0.05) is 18.9 Å². The van der Waals surface area contributed by atoms with Crippen LogP contribution < -0.4 is 10.6 Å². The zero-order valence-corrected chi connectivity index (χ0v) is 21.7. The van der Waals surface area contributed by atoms with Crippen molar-refractivity contribution in [3.05, 3.63) is 47.8 Å². The van der Waals surface area contributed by atoms with Crippen LogP contribution in [0.25, 0.3) is 5.69 Å². The number of guanidine groups is 1. The number of aliphatic imine (C=N–C) groups is 1. The van der Waals surface area contributed by atoms with Gasteiger partial charge >= 0.3 is 0 Å². The van der Waals surface area contributed by atoms with Crippen LogP contribution in [-0.4, -0.2) is 53.5 Å². The number of amides is 1. The number of halogens is 2. The topological polar surface area (TPSA) is 74.5 Å². The highest BCUT2D eigenvalue weighted by molar-refractivity contribution is 14.0. The van der Waals surface area contributed by atoms with Gasteiger partial charge in [-0.2, -0.15) is 0 Å². The van der Waals surface area contributed by atoms with Gasteiger partial charge in [-0.05, 0) is 44.4 Å². The van der Waals surface area contributed by atoms with E-state index in [1.54, 1.807) is 27.9 Å². The molecule has 0 bridgehead atoms. The number of nitrogens with one attached hydrogen (secondary N) is 2. The molecule has 0 spiro atoms. The Morgan fingerprint density at radius 3 is 2.56 bits per heavy atom. The lowest BCUT2D eigenvalue weighted by atomic mass is 9.84. The number of aromatic nitrogens is 2. The normalized spacial score (nSPS) is 15.2. The van der Waals surface area contributed by atoms with Crippen LogP contribution in [0.15, 0.2) is 35.6 Å². The zero-order valence-electron chi connectivity index (χ0n) is 19.3. The molecule has 0 saturated heterocycles. The van der Waals surface area contributed by atoms with Crippen molar-refractivity contribution >= 4 is 35.8 Å². The number of imidazole rings is 1. The lowest BCUT2D eigenvalue weighted by Crippen LogP contribution is -2.49. The molecule has 176 valence electrons. The number of rotatable bonds is 7. The quantitative estimate of drug-likeness (QED) is 0.311. The largest absolute Gasteiger partial charge is 0.357 e. The van der Waals surface area contributed by atoms with Gasteiger partial charge in [0.1, 0.15) is 11.6 Å². The van der Waals surface area contributed by atoms with Gasteiger partial charge in [0.25, 0.3) is 0 Å². The maximum atomic E-state index is 14.7.